The SMILES string of the molecule is CC(CCc1ccccc1)CC(=O)N1CCC(C(C)O)C1. The maximum atomic E-state index is 12.3. The highest BCUT2D eigenvalue weighted by Gasteiger charge is 2.29. The number of likely N-dealkylation sites (tertiary alicyclic amines) is 1. The second-order valence-electron chi connectivity index (χ2n) is 6.46. The summed E-state index contributed by atoms with van der Waals surface area (Å²) in [6, 6.07) is 10.4. The van der Waals surface area contributed by atoms with Crippen LogP contribution in [0.25, 0.3) is 0 Å². The zero-order valence-corrected chi connectivity index (χ0v) is 13.2. The molecule has 1 fully saturated rings. The summed E-state index contributed by atoms with van der Waals surface area (Å²) in [6.07, 6.45) is 3.33. The topological polar surface area (TPSA) is 40.5 Å². The Kier molecular flexibility index (Phi) is 5.80. The molecule has 1 aliphatic heterocycles. The minimum atomic E-state index is -0.307. The molecule has 1 N–H and O–H groups in total. The second-order valence-corrected chi connectivity index (χ2v) is 6.46. The molecule has 0 saturated carbocycles. The predicted molar refractivity (Wildman–Crippen MR) is 84.9 cm³/mol. The predicted octanol–water partition coefficient (Wildman–Crippen LogP) is 2.87. The van der Waals surface area contributed by atoms with Crippen LogP contribution in [0.15, 0.2) is 30.3 Å². The number of hydrogen-bond donors (Lipinski definition) is 1. The molecule has 116 valence electrons. The van der Waals surface area contributed by atoms with E-state index in [1.54, 1.807) is 0 Å². The molecule has 0 radical (unpaired) electrons. The summed E-state index contributed by atoms with van der Waals surface area (Å²) in [4.78, 5) is 14.2. The lowest BCUT2D eigenvalue weighted by Crippen LogP contribution is -2.31. The Hall–Kier alpha value is -1.35. The molecule has 0 bridgehead atoms. The third kappa shape index (κ3) is 4.85. The molecule has 1 aromatic rings. The fourth-order valence-electron chi connectivity index (χ4n) is 2.99. The van der Waals surface area contributed by atoms with Crippen molar-refractivity contribution in [1.29, 1.82) is 0 Å². The molecule has 3 heteroatoms. The van der Waals surface area contributed by atoms with Crippen LogP contribution in [0.2, 0.25) is 0 Å². The normalized spacial score (nSPS) is 21.3. The Bertz CT molecular complexity index is 444. The first-order valence-electron chi connectivity index (χ1n) is 8.06. The third-order valence-corrected chi connectivity index (χ3v) is 4.55. The van der Waals surface area contributed by atoms with Crippen molar-refractivity contribution < 1.29 is 9.90 Å². The van der Waals surface area contributed by atoms with Gasteiger partial charge in [0.25, 0.3) is 0 Å². The van der Waals surface area contributed by atoms with E-state index < -0.39 is 0 Å². The Balaban J connectivity index is 1.72. The van der Waals surface area contributed by atoms with Crippen molar-refractivity contribution >= 4 is 5.91 Å². The Labute approximate surface area is 128 Å². The molecule has 1 aromatic carbocycles. The van der Waals surface area contributed by atoms with Gasteiger partial charge in [-0.05, 0) is 37.7 Å². The first-order valence-corrected chi connectivity index (χ1v) is 8.06. The van der Waals surface area contributed by atoms with E-state index in [2.05, 4.69) is 31.2 Å². The van der Waals surface area contributed by atoms with Crippen LogP contribution in [-0.2, 0) is 11.2 Å². The molecule has 3 unspecified atom stereocenters. The van der Waals surface area contributed by atoms with Crippen molar-refractivity contribution in [1.82, 2.24) is 4.90 Å². The Morgan fingerprint density at radius 3 is 2.67 bits per heavy atom. The molecule has 1 aliphatic rings. The van der Waals surface area contributed by atoms with E-state index in [-0.39, 0.29) is 17.9 Å². The van der Waals surface area contributed by atoms with E-state index in [4.69, 9.17) is 0 Å². The molecule has 1 heterocycles. The van der Waals surface area contributed by atoms with Gasteiger partial charge in [-0.25, -0.2) is 0 Å². The summed E-state index contributed by atoms with van der Waals surface area (Å²) in [5.74, 6) is 0.913. The van der Waals surface area contributed by atoms with E-state index in [1.807, 2.05) is 17.9 Å². The Morgan fingerprint density at radius 1 is 1.33 bits per heavy atom. The van der Waals surface area contributed by atoms with Crippen LogP contribution in [0, 0.1) is 11.8 Å². The number of nitrogens with zero attached hydrogens (tertiary/aromatic N) is 1. The summed E-state index contributed by atoms with van der Waals surface area (Å²) < 4.78 is 0. The molecule has 3 atom stereocenters. The summed E-state index contributed by atoms with van der Waals surface area (Å²) in [5, 5.41) is 9.61. The van der Waals surface area contributed by atoms with E-state index in [9.17, 15) is 9.90 Å². The molecule has 0 spiro atoms. The lowest BCUT2D eigenvalue weighted by atomic mass is 9.97. The van der Waals surface area contributed by atoms with Gasteiger partial charge >= 0.3 is 0 Å². The molecule has 2 rings (SSSR count). The van der Waals surface area contributed by atoms with Gasteiger partial charge in [-0.2, -0.15) is 0 Å². The molecule has 0 aliphatic carbocycles. The van der Waals surface area contributed by atoms with Crippen LogP contribution in [0.1, 0.15) is 38.7 Å². The number of rotatable bonds is 6. The number of aryl methyl sites for hydroxylation is 1. The standard InChI is InChI=1S/C18H27NO2/c1-14(8-9-16-6-4-3-5-7-16)12-18(21)19-11-10-17(13-19)15(2)20/h3-7,14-15,17,20H,8-13H2,1-2H3. The van der Waals surface area contributed by atoms with Gasteiger partial charge in [-0.15, -0.1) is 0 Å². The van der Waals surface area contributed by atoms with Crippen LogP contribution in [0.5, 0.6) is 0 Å². The average molecular weight is 289 g/mol. The number of amides is 1. The molecular weight excluding hydrogens is 262 g/mol. The largest absolute Gasteiger partial charge is 0.393 e. The van der Waals surface area contributed by atoms with Crippen molar-refractivity contribution in [3.8, 4) is 0 Å². The van der Waals surface area contributed by atoms with Crippen molar-refractivity contribution in [2.75, 3.05) is 13.1 Å². The fourth-order valence-corrected chi connectivity index (χ4v) is 2.99. The first kappa shape index (κ1) is 16.0. The van der Waals surface area contributed by atoms with Gasteiger partial charge in [0.1, 0.15) is 0 Å². The first-order chi connectivity index (χ1) is 10.1. The summed E-state index contributed by atoms with van der Waals surface area (Å²) in [5.41, 5.74) is 1.34. The van der Waals surface area contributed by atoms with Gasteiger partial charge in [0.15, 0.2) is 0 Å². The minimum Gasteiger partial charge on any atom is -0.393 e. The van der Waals surface area contributed by atoms with Crippen LogP contribution in [-0.4, -0.2) is 35.1 Å². The van der Waals surface area contributed by atoms with Crippen LogP contribution in [0.3, 0.4) is 0 Å². The number of carbonyl (C=O) groups is 1. The van der Waals surface area contributed by atoms with Gasteiger partial charge in [-0.1, -0.05) is 37.3 Å². The number of aliphatic hydroxyl groups is 1. The molecular formula is C18H27NO2. The molecule has 1 saturated heterocycles. The highest BCUT2D eigenvalue weighted by Crippen LogP contribution is 2.22. The van der Waals surface area contributed by atoms with Crippen molar-refractivity contribution in [2.45, 2.75) is 45.6 Å². The Morgan fingerprint density at radius 2 is 2.05 bits per heavy atom. The van der Waals surface area contributed by atoms with Gasteiger partial charge in [-0.3, -0.25) is 4.79 Å². The number of aliphatic hydroxyl groups excluding tert-OH is 1. The van der Waals surface area contributed by atoms with Crippen molar-refractivity contribution in [3.63, 3.8) is 0 Å². The van der Waals surface area contributed by atoms with Gasteiger partial charge in [0, 0.05) is 25.4 Å². The number of carbonyl (C=O) groups excluding carboxylic acids is 1. The van der Waals surface area contributed by atoms with Crippen molar-refractivity contribution in [2.24, 2.45) is 11.8 Å². The van der Waals surface area contributed by atoms with Crippen LogP contribution >= 0.6 is 0 Å². The number of benzene rings is 1. The van der Waals surface area contributed by atoms with Gasteiger partial charge in [0.05, 0.1) is 6.10 Å². The zero-order valence-electron chi connectivity index (χ0n) is 13.2. The monoisotopic (exact) mass is 289 g/mol. The molecule has 0 aromatic heterocycles. The zero-order chi connectivity index (χ0) is 15.2. The maximum absolute atomic E-state index is 12.3. The van der Waals surface area contributed by atoms with Gasteiger partial charge < -0.3 is 10.0 Å². The highest BCUT2D eigenvalue weighted by molar-refractivity contribution is 5.76. The second kappa shape index (κ2) is 7.60. The summed E-state index contributed by atoms with van der Waals surface area (Å²) in [6.45, 7) is 5.51. The van der Waals surface area contributed by atoms with E-state index in [0.717, 1.165) is 32.4 Å². The van der Waals surface area contributed by atoms with E-state index in [1.165, 1.54) is 5.56 Å². The van der Waals surface area contributed by atoms with Crippen LogP contribution < -0.4 is 0 Å². The fraction of sp³-hybridized carbons (Fsp3) is 0.611. The molecule has 21 heavy (non-hydrogen) atoms. The minimum absolute atomic E-state index is 0.249. The van der Waals surface area contributed by atoms with E-state index in [0.29, 0.717) is 12.3 Å². The lowest BCUT2D eigenvalue weighted by Gasteiger charge is -2.20. The highest BCUT2D eigenvalue weighted by atomic mass is 16.3. The van der Waals surface area contributed by atoms with Crippen LogP contribution in [0.4, 0.5) is 0 Å². The maximum Gasteiger partial charge on any atom is 0.222 e. The smallest absolute Gasteiger partial charge is 0.222 e. The lowest BCUT2D eigenvalue weighted by molar-refractivity contribution is -0.131. The number of hydrogen-bond acceptors (Lipinski definition) is 2. The van der Waals surface area contributed by atoms with Gasteiger partial charge in [0.2, 0.25) is 5.91 Å². The van der Waals surface area contributed by atoms with Crippen molar-refractivity contribution in [3.05, 3.63) is 35.9 Å². The summed E-state index contributed by atoms with van der Waals surface area (Å²) >= 11 is 0. The third-order valence-electron chi connectivity index (χ3n) is 4.55. The molecule has 1 amide bonds. The van der Waals surface area contributed by atoms with E-state index >= 15 is 0 Å². The summed E-state index contributed by atoms with van der Waals surface area (Å²) in [7, 11) is 0. The quantitative estimate of drug-likeness (QED) is 0.875. The molecule has 3 nitrogen and oxygen atoms in total. The average Bonchev–Trinajstić information content (AvgIpc) is 2.96.